The normalized spacial score (nSPS) is 16.6. The molecule has 3 heterocycles. The van der Waals surface area contributed by atoms with Crippen LogP contribution in [0.5, 0.6) is 6.01 Å². The highest BCUT2D eigenvalue weighted by Gasteiger charge is 2.21. The fourth-order valence-electron chi connectivity index (χ4n) is 2.39. The Labute approximate surface area is 117 Å². The first-order valence-corrected chi connectivity index (χ1v) is 6.94. The monoisotopic (exact) mass is 274 g/mol. The summed E-state index contributed by atoms with van der Waals surface area (Å²) in [5, 5.41) is 7.93. The quantitative estimate of drug-likeness (QED) is 0.848. The molecular formula is C14H18N4O2. The molecule has 1 saturated heterocycles. The third-order valence-electron chi connectivity index (χ3n) is 3.74. The van der Waals surface area contributed by atoms with Crippen molar-refractivity contribution in [3.63, 3.8) is 0 Å². The minimum absolute atomic E-state index is 0.0179. The number of carbonyl (C=O) groups excluding carboxylic acids is 1. The molecule has 20 heavy (non-hydrogen) atoms. The zero-order valence-electron chi connectivity index (χ0n) is 11.5. The van der Waals surface area contributed by atoms with Crippen molar-refractivity contribution in [3.8, 4) is 6.01 Å². The number of amides is 1. The summed E-state index contributed by atoms with van der Waals surface area (Å²) in [5.41, 5.74) is 0.710. The zero-order valence-corrected chi connectivity index (χ0v) is 11.5. The summed E-state index contributed by atoms with van der Waals surface area (Å²) in [6, 6.07) is 5.96. The van der Waals surface area contributed by atoms with Crippen molar-refractivity contribution in [1.82, 2.24) is 19.5 Å². The fraction of sp³-hybridized carbons (Fsp3) is 0.500. The number of pyridine rings is 1. The largest absolute Gasteiger partial charge is 0.453 e. The van der Waals surface area contributed by atoms with Gasteiger partial charge in [-0.15, -0.1) is 5.10 Å². The minimum atomic E-state index is 0.0179. The van der Waals surface area contributed by atoms with E-state index in [1.54, 1.807) is 4.40 Å². The van der Waals surface area contributed by atoms with Crippen LogP contribution in [0.4, 0.5) is 0 Å². The van der Waals surface area contributed by atoms with Gasteiger partial charge in [0.25, 0.3) is 5.91 Å². The Morgan fingerprint density at radius 3 is 2.95 bits per heavy atom. The van der Waals surface area contributed by atoms with Gasteiger partial charge in [-0.1, -0.05) is 18.1 Å². The van der Waals surface area contributed by atoms with Crippen molar-refractivity contribution in [3.05, 3.63) is 24.4 Å². The van der Waals surface area contributed by atoms with Crippen LogP contribution < -0.4 is 4.74 Å². The summed E-state index contributed by atoms with van der Waals surface area (Å²) in [6.45, 7) is 3.89. The second-order valence-electron chi connectivity index (χ2n) is 5.26. The van der Waals surface area contributed by atoms with E-state index in [4.69, 9.17) is 4.74 Å². The smallest absolute Gasteiger partial charge is 0.322 e. The van der Waals surface area contributed by atoms with Crippen LogP contribution in [0.3, 0.4) is 0 Å². The number of carbonyl (C=O) groups is 1. The van der Waals surface area contributed by atoms with Crippen LogP contribution in [0.2, 0.25) is 0 Å². The topological polar surface area (TPSA) is 59.7 Å². The molecule has 0 aromatic carbocycles. The number of nitrogens with zero attached hydrogens (tertiary/aromatic N) is 4. The summed E-state index contributed by atoms with van der Waals surface area (Å²) in [7, 11) is 0. The maximum atomic E-state index is 12.1. The molecule has 106 valence electrons. The fourth-order valence-corrected chi connectivity index (χ4v) is 2.39. The van der Waals surface area contributed by atoms with Gasteiger partial charge in [-0.2, -0.15) is 0 Å². The molecule has 0 aliphatic carbocycles. The van der Waals surface area contributed by atoms with E-state index in [2.05, 4.69) is 17.1 Å². The first kappa shape index (κ1) is 12.9. The Kier molecular flexibility index (Phi) is 3.54. The van der Waals surface area contributed by atoms with Crippen LogP contribution in [0, 0.1) is 5.92 Å². The highest BCUT2D eigenvalue weighted by atomic mass is 16.5. The Morgan fingerprint density at radius 2 is 2.15 bits per heavy atom. The van der Waals surface area contributed by atoms with Crippen LogP contribution in [0.25, 0.3) is 5.65 Å². The lowest BCUT2D eigenvalue weighted by Crippen LogP contribution is -2.40. The van der Waals surface area contributed by atoms with Gasteiger partial charge >= 0.3 is 6.01 Å². The molecule has 0 unspecified atom stereocenters. The molecule has 0 N–H and O–H groups in total. The van der Waals surface area contributed by atoms with Crippen molar-refractivity contribution in [1.29, 1.82) is 0 Å². The van der Waals surface area contributed by atoms with Crippen molar-refractivity contribution < 1.29 is 9.53 Å². The Bertz CT molecular complexity index is 602. The summed E-state index contributed by atoms with van der Waals surface area (Å²) < 4.78 is 7.23. The third-order valence-corrected chi connectivity index (χ3v) is 3.74. The number of fused-ring (bicyclic) bond motifs is 1. The predicted molar refractivity (Wildman–Crippen MR) is 73.5 cm³/mol. The number of aromatic nitrogens is 3. The van der Waals surface area contributed by atoms with Gasteiger partial charge in [0.15, 0.2) is 12.3 Å². The van der Waals surface area contributed by atoms with Gasteiger partial charge in [0.2, 0.25) is 0 Å². The summed E-state index contributed by atoms with van der Waals surface area (Å²) in [4.78, 5) is 13.9. The van der Waals surface area contributed by atoms with Gasteiger partial charge in [-0.3, -0.25) is 9.20 Å². The molecule has 0 atom stereocenters. The molecule has 0 saturated carbocycles. The van der Waals surface area contributed by atoms with Crippen molar-refractivity contribution >= 4 is 11.6 Å². The lowest BCUT2D eigenvalue weighted by Gasteiger charge is -2.30. The zero-order chi connectivity index (χ0) is 13.9. The van der Waals surface area contributed by atoms with Gasteiger partial charge in [0.1, 0.15) is 0 Å². The average Bonchev–Trinajstić information content (AvgIpc) is 2.89. The van der Waals surface area contributed by atoms with Crippen molar-refractivity contribution in [2.24, 2.45) is 5.92 Å². The molecule has 6 nitrogen and oxygen atoms in total. The molecule has 6 heteroatoms. The number of rotatable bonds is 3. The van der Waals surface area contributed by atoms with Gasteiger partial charge < -0.3 is 9.64 Å². The second kappa shape index (κ2) is 5.48. The second-order valence-corrected chi connectivity index (χ2v) is 5.26. The number of piperidine rings is 1. The number of likely N-dealkylation sites (tertiary alicyclic amines) is 1. The number of hydrogen-bond donors (Lipinski definition) is 0. The average molecular weight is 274 g/mol. The van der Waals surface area contributed by atoms with Crippen LogP contribution in [-0.4, -0.2) is 45.1 Å². The predicted octanol–water partition coefficient (Wildman–Crippen LogP) is 1.37. The van der Waals surface area contributed by atoms with Crippen molar-refractivity contribution in [2.45, 2.75) is 19.8 Å². The Balaban J connectivity index is 1.60. The van der Waals surface area contributed by atoms with E-state index >= 15 is 0 Å². The first-order valence-electron chi connectivity index (χ1n) is 6.94. The summed E-state index contributed by atoms with van der Waals surface area (Å²) in [6.07, 6.45) is 3.96. The van der Waals surface area contributed by atoms with Gasteiger partial charge in [-0.05, 0) is 30.9 Å². The molecule has 1 fully saturated rings. The van der Waals surface area contributed by atoms with Gasteiger partial charge in [-0.25, -0.2) is 0 Å². The Morgan fingerprint density at radius 1 is 1.35 bits per heavy atom. The molecule has 0 spiro atoms. The van der Waals surface area contributed by atoms with Gasteiger partial charge in [0, 0.05) is 19.3 Å². The number of ether oxygens (including phenoxy) is 1. The summed E-state index contributed by atoms with van der Waals surface area (Å²) in [5.74, 6) is 0.727. The molecular weight excluding hydrogens is 256 g/mol. The van der Waals surface area contributed by atoms with E-state index in [-0.39, 0.29) is 12.5 Å². The van der Waals surface area contributed by atoms with Crippen LogP contribution in [-0.2, 0) is 4.79 Å². The highest BCUT2D eigenvalue weighted by molar-refractivity contribution is 5.77. The molecule has 1 amide bonds. The van der Waals surface area contributed by atoms with E-state index in [0.717, 1.165) is 25.9 Å². The maximum absolute atomic E-state index is 12.1. The standard InChI is InChI=1S/C14H18N4O2/c1-11-5-8-17(9-6-11)13(19)10-20-14-16-15-12-4-2-3-7-18(12)14/h2-4,7,11H,5-6,8-10H2,1H3. The molecule has 3 rings (SSSR count). The van der Waals surface area contributed by atoms with Crippen LogP contribution in [0.1, 0.15) is 19.8 Å². The molecule has 2 aromatic rings. The lowest BCUT2D eigenvalue weighted by molar-refractivity contribution is -0.134. The van der Waals surface area contributed by atoms with Crippen LogP contribution >= 0.6 is 0 Å². The lowest BCUT2D eigenvalue weighted by atomic mass is 9.99. The Hall–Kier alpha value is -2.11. The van der Waals surface area contributed by atoms with Crippen molar-refractivity contribution in [2.75, 3.05) is 19.7 Å². The van der Waals surface area contributed by atoms with E-state index < -0.39 is 0 Å². The van der Waals surface area contributed by atoms with E-state index in [1.165, 1.54) is 0 Å². The molecule has 2 aromatic heterocycles. The SMILES string of the molecule is CC1CCN(C(=O)COc2nnc3ccccn23)CC1. The maximum Gasteiger partial charge on any atom is 0.322 e. The number of hydrogen-bond acceptors (Lipinski definition) is 4. The summed E-state index contributed by atoms with van der Waals surface area (Å²) >= 11 is 0. The highest BCUT2D eigenvalue weighted by Crippen LogP contribution is 2.16. The third kappa shape index (κ3) is 2.59. The molecule has 0 radical (unpaired) electrons. The molecule has 1 aliphatic heterocycles. The van der Waals surface area contributed by atoms with E-state index in [1.807, 2.05) is 29.3 Å². The molecule has 0 bridgehead atoms. The van der Waals surface area contributed by atoms with E-state index in [0.29, 0.717) is 17.6 Å². The minimum Gasteiger partial charge on any atom is -0.453 e. The van der Waals surface area contributed by atoms with Gasteiger partial charge in [0.05, 0.1) is 0 Å². The first-order chi connectivity index (χ1) is 9.74. The van der Waals surface area contributed by atoms with E-state index in [9.17, 15) is 4.79 Å². The van der Waals surface area contributed by atoms with Crippen LogP contribution in [0.15, 0.2) is 24.4 Å². The molecule has 1 aliphatic rings.